The van der Waals surface area contributed by atoms with Gasteiger partial charge in [-0.2, -0.15) is 17.5 Å². The highest BCUT2D eigenvalue weighted by Gasteiger charge is 2.40. The average Bonchev–Trinajstić information content (AvgIpc) is 3.46. The lowest BCUT2D eigenvalue weighted by molar-refractivity contribution is -0.137. The Morgan fingerprint density at radius 2 is 1.76 bits per heavy atom. The summed E-state index contributed by atoms with van der Waals surface area (Å²) in [6.07, 6.45) is 2.46. The molecule has 8 nitrogen and oxygen atoms in total. The van der Waals surface area contributed by atoms with Crippen LogP contribution < -0.4 is 16.0 Å². The predicted octanol–water partition coefficient (Wildman–Crippen LogP) is 3.81. The molecule has 12 heteroatoms. The molecule has 1 saturated carbocycles. The summed E-state index contributed by atoms with van der Waals surface area (Å²) in [4.78, 5) is 25.5. The number of fused-ring (bicyclic) bond motifs is 1. The van der Waals surface area contributed by atoms with Gasteiger partial charge in [0.1, 0.15) is 6.04 Å². The fourth-order valence-corrected chi connectivity index (χ4v) is 7.66. The average molecular weight is 593 g/mol. The second kappa shape index (κ2) is 12.1. The molecule has 0 aromatic heterocycles. The lowest BCUT2D eigenvalue weighted by Crippen LogP contribution is -2.58. The Morgan fingerprint density at radius 3 is 2.46 bits per heavy atom. The molecule has 41 heavy (non-hydrogen) atoms. The summed E-state index contributed by atoms with van der Waals surface area (Å²) in [5, 5.41) is 9.22. The molecule has 0 bridgehead atoms. The Bertz CT molecular complexity index is 1380. The molecule has 0 radical (unpaired) electrons. The Balaban J connectivity index is 1.26. The molecule has 1 saturated heterocycles. The van der Waals surface area contributed by atoms with Crippen LogP contribution in [0.2, 0.25) is 0 Å². The third-order valence-corrected chi connectivity index (χ3v) is 10.2. The van der Waals surface area contributed by atoms with Gasteiger partial charge in [0.05, 0.1) is 22.9 Å². The fourth-order valence-electron chi connectivity index (χ4n) is 6.08. The molecule has 1 heterocycles. The number of carbonyl (C=O) groups is 2. The van der Waals surface area contributed by atoms with E-state index >= 15 is 0 Å². The summed E-state index contributed by atoms with van der Waals surface area (Å²) in [5.74, 6) is -1.09. The van der Waals surface area contributed by atoms with Crippen LogP contribution in [-0.2, 0) is 38.8 Å². The molecule has 222 valence electrons. The summed E-state index contributed by atoms with van der Waals surface area (Å²) < 4.78 is 66.5. The Labute approximate surface area is 238 Å². The SMILES string of the molecule is O=C(CC1C(=O)NCCN1S(=O)(=O)c1ccc(C(F)(F)F)cc1)N[C@@H]1CCCc2cc(CNC3CCCC3)ccc21. The van der Waals surface area contributed by atoms with Gasteiger partial charge in [-0.1, -0.05) is 31.0 Å². The third kappa shape index (κ3) is 6.76. The molecule has 2 aliphatic carbocycles. The predicted molar refractivity (Wildman–Crippen MR) is 146 cm³/mol. The minimum absolute atomic E-state index is 0.0325. The van der Waals surface area contributed by atoms with Gasteiger partial charge in [0.2, 0.25) is 21.8 Å². The van der Waals surface area contributed by atoms with E-state index in [4.69, 9.17) is 0 Å². The summed E-state index contributed by atoms with van der Waals surface area (Å²) >= 11 is 0. The van der Waals surface area contributed by atoms with Crippen molar-refractivity contribution < 1.29 is 31.2 Å². The van der Waals surface area contributed by atoms with E-state index in [1.807, 2.05) is 6.07 Å². The maximum absolute atomic E-state index is 13.3. The third-order valence-electron chi connectivity index (χ3n) is 8.26. The van der Waals surface area contributed by atoms with Crippen molar-refractivity contribution in [3.05, 3.63) is 64.7 Å². The van der Waals surface area contributed by atoms with Crippen molar-refractivity contribution in [1.82, 2.24) is 20.3 Å². The first-order chi connectivity index (χ1) is 19.5. The van der Waals surface area contributed by atoms with E-state index in [2.05, 4.69) is 28.1 Å². The molecule has 5 rings (SSSR count). The van der Waals surface area contributed by atoms with Gasteiger partial charge in [-0.25, -0.2) is 8.42 Å². The number of hydrogen-bond donors (Lipinski definition) is 3. The van der Waals surface area contributed by atoms with E-state index in [0.29, 0.717) is 18.2 Å². The van der Waals surface area contributed by atoms with Gasteiger partial charge in [0.25, 0.3) is 0 Å². The van der Waals surface area contributed by atoms with Crippen molar-refractivity contribution in [2.45, 2.75) is 87.1 Å². The fraction of sp³-hybridized carbons (Fsp3) is 0.517. The summed E-state index contributed by atoms with van der Waals surface area (Å²) in [6, 6.07) is 8.41. The zero-order chi connectivity index (χ0) is 29.2. The van der Waals surface area contributed by atoms with Crippen LogP contribution >= 0.6 is 0 Å². The minimum atomic E-state index is -4.61. The maximum atomic E-state index is 13.3. The Hall–Kier alpha value is -2.96. The Kier molecular flexibility index (Phi) is 8.72. The molecule has 2 aromatic carbocycles. The number of amides is 2. The number of alkyl halides is 3. The number of hydrogen-bond acceptors (Lipinski definition) is 5. The molecule has 2 fully saturated rings. The molecule has 1 unspecified atom stereocenters. The maximum Gasteiger partial charge on any atom is 0.416 e. The van der Waals surface area contributed by atoms with E-state index in [1.165, 1.54) is 36.8 Å². The first kappa shape index (κ1) is 29.5. The number of nitrogens with one attached hydrogen (secondary N) is 3. The van der Waals surface area contributed by atoms with E-state index in [0.717, 1.165) is 47.8 Å². The topological polar surface area (TPSA) is 108 Å². The molecule has 2 aromatic rings. The van der Waals surface area contributed by atoms with E-state index < -0.39 is 46.0 Å². The summed E-state index contributed by atoms with van der Waals surface area (Å²) in [5.41, 5.74) is 2.42. The quantitative estimate of drug-likeness (QED) is 0.432. The van der Waals surface area contributed by atoms with Crippen LogP contribution in [0.3, 0.4) is 0 Å². The van der Waals surface area contributed by atoms with Crippen LogP contribution in [0.15, 0.2) is 47.4 Å². The molecule has 3 aliphatic rings. The normalized spacial score (nSPS) is 22.3. The van der Waals surface area contributed by atoms with Crippen molar-refractivity contribution >= 4 is 21.8 Å². The van der Waals surface area contributed by atoms with Gasteiger partial charge in [-0.05, 0) is 73.1 Å². The van der Waals surface area contributed by atoms with E-state index in [1.54, 1.807) is 0 Å². The summed E-state index contributed by atoms with van der Waals surface area (Å²) in [7, 11) is -4.33. The number of nitrogens with zero attached hydrogens (tertiary/aromatic N) is 1. The lowest BCUT2D eigenvalue weighted by Gasteiger charge is -2.34. The van der Waals surface area contributed by atoms with Crippen molar-refractivity contribution in [3.63, 3.8) is 0 Å². The smallest absolute Gasteiger partial charge is 0.353 e. The molecule has 2 atom stereocenters. The van der Waals surface area contributed by atoms with Crippen molar-refractivity contribution in [2.75, 3.05) is 13.1 Å². The van der Waals surface area contributed by atoms with Gasteiger partial charge < -0.3 is 16.0 Å². The van der Waals surface area contributed by atoms with Crippen LogP contribution in [0.25, 0.3) is 0 Å². The Morgan fingerprint density at radius 1 is 1.02 bits per heavy atom. The molecule has 3 N–H and O–H groups in total. The first-order valence-electron chi connectivity index (χ1n) is 14.1. The van der Waals surface area contributed by atoms with Gasteiger partial charge in [0.15, 0.2) is 0 Å². The number of carbonyl (C=O) groups excluding carboxylic acids is 2. The molecule has 1 aliphatic heterocycles. The van der Waals surface area contributed by atoms with Gasteiger partial charge in [-0.3, -0.25) is 9.59 Å². The number of sulfonamides is 1. The molecular formula is C29H35F3N4O4S. The largest absolute Gasteiger partial charge is 0.416 e. The first-order valence-corrected chi connectivity index (χ1v) is 15.6. The van der Waals surface area contributed by atoms with Crippen LogP contribution in [0.4, 0.5) is 13.2 Å². The number of halogens is 3. The van der Waals surface area contributed by atoms with Gasteiger partial charge in [0, 0.05) is 25.7 Å². The highest BCUT2D eigenvalue weighted by molar-refractivity contribution is 7.89. The van der Waals surface area contributed by atoms with Crippen LogP contribution in [-0.4, -0.2) is 49.7 Å². The highest BCUT2D eigenvalue weighted by Crippen LogP contribution is 2.32. The monoisotopic (exact) mass is 592 g/mol. The summed E-state index contributed by atoms with van der Waals surface area (Å²) in [6.45, 7) is 0.733. The van der Waals surface area contributed by atoms with Crippen molar-refractivity contribution in [1.29, 1.82) is 0 Å². The molecular weight excluding hydrogens is 557 g/mol. The number of aryl methyl sites for hydroxylation is 1. The van der Waals surface area contributed by atoms with E-state index in [9.17, 15) is 31.2 Å². The molecule has 0 spiro atoms. The zero-order valence-corrected chi connectivity index (χ0v) is 23.5. The van der Waals surface area contributed by atoms with Crippen LogP contribution in [0, 0.1) is 0 Å². The molecule has 2 amide bonds. The van der Waals surface area contributed by atoms with Gasteiger partial charge in [-0.15, -0.1) is 0 Å². The van der Waals surface area contributed by atoms with Crippen LogP contribution in [0.5, 0.6) is 0 Å². The highest BCUT2D eigenvalue weighted by atomic mass is 32.2. The van der Waals surface area contributed by atoms with Crippen LogP contribution in [0.1, 0.15) is 73.2 Å². The van der Waals surface area contributed by atoms with Gasteiger partial charge >= 0.3 is 6.18 Å². The zero-order valence-electron chi connectivity index (χ0n) is 22.7. The number of rotatable bonds is 8. The van der Waals surface area contributed by atoms with E-state index in [-0.39, 0.29) is 24.0 Å². The second-order valence-electron chi connectivity index (χ2n) is 11.1. The van der Waals surface area contributed by atoms with Crippen molar-refractivity contribution in [2.24, 2.45) is 0 Å². The lowest BCUT2D eigenvalue weighted by atomic mass is 9.86. The standard InChI is InChI=1S/C29H35F3N4O4S/c30-29(31,32)21-9-11-23(12-10-21)41(39,40)36-15-14-33-28(38)26(36)17-27(37)35-25-7-3-4-20-16-19(8-13-24(20)25)18-34-22-5-1-2-6-22/h8-13,16,22,25-26,34H,1-7,14-15,17-18H2,(H,33,38)(H,35,37)/t25-,26?/m1/s1. The minimum Gasteiger partial charge on any atom is -0.353 e. The van der Waals surface area contributed by atoms with Crippen molar-refractivity contribution in [3.8, 4) is 0 Å². The number of benzene rings is 2. The second-order valence-corrected chi connectivity index (χ2v) is 12.9. The number of piperazine rings is 1.